The maximum Gasteiger partial charge on any atom is 0.264 e. The van der Waals surface area contributed by atoms with E-state index in [1.54, 1.807) is 12.3 Å². The van der Waals surface area contributed by atoms with Crippen LogP contribution in [0.4, 0.5) is 0 Å². The molecule has 0 spiro atoms. The molecule has 0 aromatic carbocycles. The van der Waals surface area contributed by atoms with E-state index in [1.807, 2.05) is 0 Å². The van der Waals surface area contributed by atoms with E-state index in [-0.39, 0.29) is 5.56 Å². The number of aromatic amines is 1. The van der Waals surface area contributed by atoms with Crippen LogP contribution in [0.2, 0.25) is 0 Å². The lowest BCUT2D eigenvalue weighted by atomic mass is 10.1. The molecule has 0 saturated carbocycles. The second-order valence-corrected chi connectivity index (χ2v) is 3.03. The molecule has 0 amide bonds. The molecule has 0 unspecified atom stereocenters. The molecule has 4 heteroatoms. The molecule has 1 fully saturated rings. The number of rotatable bonds is 1. The Balaban J connectivity index is 2.27. The van der Waals surface area contributed by atoms with E-state index in [0.29, 0.717) is 6.04 Å². The van der Waals surface area contributed by atoms with Crippen LogP contribution in [-0.4, -0.2) is 16.7 Å². The summed E-state index contributed by atoms with van der Waals surface area (Å²) in [5, 5.41) is 9.42. The molecular weight excluding hydrogens is 154 g/mol. The molecule has 2 rings (SSSR count). The van der Waals surface area contributed by atoms with Gasteiger partial charge >= 0.3 is 0 Å². The zero-order valence-electron chi connectivity index (χ0n) is 6.71. The molecule has 1 atom stereocenters. The lowest BCUT2D eigenvalue weighted by Gasteiger charge is -2.07. The summed E-state index contributed by atoms with van der Waals surface area (Å²) in [7, 11) is 0. The van der Waals surface area contributed by atoms with Crippen LogP contribution in [0.5, 0.6) is 0 Å². The van der Waals surface area contributed by atoms with Gasteiger partial charge in [-0.05, 0) is 24.9 Å². The average Bonchev–Trinajstić information content (AvgIpc) is 2.56. The molecule has 1 aromatic rings. The maximum absolute atomic E-state index is 10.9. The molecule has 4 nitrogen and oxygen atoms in total. The van der Waals surface area contributed by atoms with Crippen LogP contribution < -0.4 is 10.9 Å². The highest BCUT2D eigenvalue weighted by molar-refractivity contribution is 5.12. The van der Waals surface area contributed by atoms with Crippen molar-refractivity contribution in [1.29, 1.82) is 0 Å². The van der Waals surface area contributed by atoms with Crippen molar-refractivity contribution in [3.8, 4) is 0 Å². The highest BCUT2D eigenvalue weighted by Gasteiger charge is 2.16. The lowest BCUT2D eigenvalue weighted by Crippen LogP contribution is -2.16. The summed E-state index contributed by atoms with van der Waals surface area (Å²) in [5.74, 6) is 0. The van der Waals surface area contributed by atoms with Crippen molar-refractivity contribution in [3.63, 3.8) is 0 Å². The third-order valence-electron chi connectivity index (χ3n) is 2.15. The fourth-order valence-corrected chi connectivity index (χ4v) is 1.55. The van der Waals surface area contributed by atoms with E-state index in [2.05, 4.69) is 15.5 Å². The minimum absolute atomic E-state index is 0.124. The monoisotopic (exact) mass is 165 g/mol. The molecule has 64 valence electrons. The molecule has 12 heavy (non-hydrogen) atoms. The standard InChI is InChI=1S/C8H11N3O/c12-8-4-6(5-10-11-8)7-2-1-3-9-7/h4-5,7,9H,1-3H2,(H,11,12)/t7-/m1/s1. The van der Waals surface area contributed by atoms with E-state index in [4.69, 9.17) is 0 Å². The number of hydrogen-bond acceptors (Lipinski definition) is 3. The van der Waals surface area contributed by atoms with Crippen LogP contribution in [0.25, 0.3) is 0 Å². The summed E-state index contributed by atoms with van der Waals surface area (Å²) < 4.78 is 0. The SMILES string of the molecule is O=c1cc([C@H]2CCCN2)cn[nH]1. The molecule has 1 saturated heterocycles. The van der Waals surface area contributed by atoms with Crippen molar-refractivity contribution in [2.75, 3.05) is 6.54 Å². The van der Waals surface area contributed by atoms with E-state index in [0.717, 1.165) is 18.5 Å². The normalized spacial score (nSPS) is 22.8. The van der Waals surface area contributed by atoms with E-state index < -0.39 is 0 Å². The van der Waals surface area contributed by atoms with Gasteiger partial charge in [0.15, 0.2) is 0 Å². The molecular formula is C8H11N3O. The van der Waals surface area contributed by atoms with Gasteiger partial charge in [-0.3, -0.25) is 4.79 Å². The van der Waals surface area contributed by atoms with Gasteiger partial charge in [0.2, 0.25) is 0 Å². The molecule has 2 N–H and O–H groups in total. The van der Waals surface area contributed by atoms with Crippen molar-refractivity contribution >= 4 is 0 Å². The number of nitrogens with zero attached hydrogens (tertiary/aromatic N) is 1. The minimum atomic E-state index is -0.124. The zero-order valence-corrected chi connectivity index (χ0v) is 6.71. The number of hydrogen-bond donors (Lipinski definition) is 2. The van der Waals surface area contributed by atoms with Crippen LogP contribution in [0.15, 0.2) is 17.1 Å². The lowest BCUT2D eigenvalue weighted by molar-refractivity contribution is 0.640. The highest BCUT2D eigenvalue weighted by atomic mass is 16.1. The van der Waals surface area contributed by atoms with Crippen LogP contribution in [0.3, 0.4) is 0 Å². The van der Waals surface area contributed by atoms with Crippen molar-refractivity contribution in [2.45, 2.75) is 18.9 Å². The Bertz CT molecular complexity index is 314. The van der Waals surface area contributed by atoms with E-state index in [1.165, 1.54) is 6.42 Å². The highest BCUT2D eigenvalue weighted by Crippen LogP contribution is 2.20. The molecule has 1 aliphatic rings. The predicted octanol–water partition coefficient (Wildman–Crippen LogP) is 0.194. The summed E-state index contributed by atoms with van der Waals surface area (Å²) in [6.07, 6.45) is 3.99. The predicted molar refractivity (Wildman–Crippen MR) is 44.8 cm³/mol. The van der Waals surface area contributed by atoms with E-state index >= 15 is 0 Å². The van der Waals surface area contributed by atoms with Gasteiger partial charge in [0.25, 0.3) is 5.56 Å². The van der Waals surface area contributed by atoms with Crippen LogP contribution >= 0.6 is 0 Å². The Kier molecular flexibility index (Phi) is 1.91. The van der Waals surface area contributed by atoms with Crippen LogP contribution in [-0.2, 0) is 0 Å². The quantitative estimate of drug-likeness (QED) is 0.624. The largest absolute Gasteiger partial charge is 0.310 e. The van der Waals surface area contributed by atoms with Gasteiger partial charge < -0.3 is 5.32 Å². The average molecular weight is 165 g/mol. The van der Waals surface area contributed by atoms with Gasteiger partial charge in [0.05, 0.1) is 6.20 Å². The molecule has 1 aliphatic heterocycles. The van der Waals surface area contributed by atoms with Crippen molar-refractivity contribution in [3.05, 3.63) is 28.2 Å². The Morgan fingerprint density at radius 3 is 3.17 bits per heavy atom. The third-order valence-corrected chi connectivity index (χ3v) is 2.15. The second kappa shape index (κ2) is 3.06. The zero-order chi connectivity index (χ0) is 8.39. The summed E-state index contributed by atoms with van der Waals surface area (Å²) in [6, 6.07) is 1.94. The van der Waals surface area contributed by atoms with E-state index in [9.17, 15) is 4.79 Å². The first kappa shape index (κ1) is 7.49. The summed E-state index contributed by atoms with van der Waals surface area (Å²) in [4.78, 5) is 10.9. The Morgan fingerprint density at radius 2 is 2.50 bits per heavy atom. The van der Waals surface area contributed by atoms with Crippen molar-refractivity contribution < 1.29 is 0 Å². The fraction of sp³-hybridized carbons (Fsp3) is 0.500. The minimum Gasteiger partial charge on any atom is -0.310 e. The van der Waals surface area contributed by atoms with Crippen molar-refractivity contribution in [2.24, 2.45) is 0 Å². The molecule has 0 bridgehead atoms. The first-order valence-corrected chi connectivity index (χ1v) is 4.14. The third kappa shape index (κ3) is 1.38. The Morgan fingerprint density at radius 1 is 1.58 bits per heavy atom. The topological polar surface area (TPSA) is 57.8 Å². The second-order valence-electron chi connectivity index (χ2n) is 3.03. The first-order chi connectivity index (χ1) is 5.86. The number of H-pyrrole nitrogens is 1. The number of aromatic nitrogens is 2. The summed E-state index contributed by atoms with van der Waals surface area (Å²) >= 11 is 0. The van der Waals surface area contributed by atoms with Crippen LogP contribution in [0.1, 0.15) is 24.4 Å². The van der Waals surface area contributed by atoms with Gasteiger partial charge in [0, 0.05) is 12.1 Å². The molecule has 0 aliphatic carbocycles. The van der Waals surface area contributed by atoms with Crippen molar-refractivity contribution in [1.82, 2.24) is 15.5 Å². The van der Waals surface area contributed by atoms with Gasteiger partial charge in [-0.15, -0.1) is 0 Å². The fourth-order valence-electron chi connectivity index (χ4n) is 1.55. The summed E-state index contributed by atoms with van der Waals surface area (Å²) in [5.41, 5.74) is 0.873. The molecule has 0 radical (unpaired) electrons. The smallest absolute Gasteiger partial charge is 0.264 e. The molecule has 2 heterocycles. The Hall–Kier alpha value is -1.16. The Labute approximate surface area is 70.0 Å². The van der Waals surface area contributed by atoms with Gasteiger partial charge in [0.1, 0.15) is 0 Å². The molecule has 1 aromatic heterocycles. The number of nitrogens with one attached hydrogen (secondary N) is 2. The summed E-state index contributed by atoms with van der Waals surface area (Å²) in [6.45, 7) is 1.04. The maximum atomic E-state index is 10.9. The first-order valence-electron chi connectivity index (χ1n) is 4.14. The van der Waals surface area contributed by atoms with Gasteiger partial charge in [-0.25, -0.2) is 5.10 Å². The van der Waals surface area contributed by atoms with Gasteiger partial charge in [-0.2, -0.15) is 5.10 Å². The van der Waals surface area contributed by atoms with Crippen LogP contribution in [0, 0.1) is 0 Å². The van der Waals surface area contributed by atoms with Gasteiger partial charge in [-0.1, -0.05) is 0 Å².